The molecule has 2 N–H and O–H groups in total. The third kappa shape index (κ3) is 3.11. The fourth-order valence-corrected chi connectivity index (χ4v) is 2.45. The van der Waals surface area contributed by atoms with E-state index in [0.717, 1.165) is 17.7 Å². The zero-order chi connectivity index (χ0) is 14.7. The van der Waals surface area contributed by atoms with Crippen LogP contribution in [0.1, 0.15) is 37.0 Å². The van der Waals surface area contributed by atoms with E-state index in [9.17, 15) is 0 Å². The lowest BCUT2D eigenvalue weighted by Crippen LogP contribution is -2.12. The molecule has 108 valence electrons. The second-order valence-corrected chi connectivity index (χ2v) is 5.19. The van der Waals surface area contributed by atoms with Gasteiger partial charge in [-0.3, -0.25) is 0 Å². The predicted molar refractivity (Wildman–Crippen MR) is 81.7 cm³/mol. The van der Waals surface area contributed by atoms with Crippen LogP contribution in [0.5, 0.6) is 5.75 Å². The first-order valence-corrected chi connectivity index (χ1v) is 7.28. The standard InChI is InChI=1S/C15H17Cl2NO2/c1-3-9-5-6-13(20-9)15(18)10-7-12(17)14(19-4-2)8-11(10)16/h5-8,15H,3-4,18H2,1-2H3. The molecule has 0 fully saturated rings. The van der Waals surface area contributed by atoms with Gasteiger partial charge in [-0.05, 0) is 30.7 Å². The Morgan fingerprint density at radius 2 is 1.95 bits per heavy atom. The van der Waals surface area contributed by atoms with Crippen molar-refractivity contribution in [3.63, 3.8) is 0 Å². The van der Waals surface area contributed by atoms with Crippen LogP contribution >= 0.6 is 23.2 Å². The Hall–Kier alpha value is -1.16. The Labute approximate surface area is 128 Å². The summed E-state index contributed by atoms with van der Waals surface area (Å²) in [6, 6.07) is 6.75. The lowest BCUT2D eigenvalue weighted by Gasteiger charge is -2.14. The molecule has 0 aliphatic heterocycles. The summed E-state index contributed by atoms with van der Waals surface area (Å²) in [5, 5.41) is 1.00. The highest BCUT2D eigenvalue weighted by Gasteiger charge is 2.18. The molecule has 0 spiro atoms. The van der Waals surface area contributed by atoms with Gasteiger partial charge in [-0.2, -0.15) is 0 Å². The van der Waals surface area contributed by atoms with Crippen LogP contribution in [-0.2, 0) is 6.42 Å². The first-order chi connectivity index (χ1) is 9.56. The first-order valence-electron chi connectivity index (χ1n) is 6.52. The molecular formula is C15H17Cl2NO2. The van der Waals surface area contributed by atoms with Crippen molar-refractivity contribution in [3.05, 3.63) is 51.4 Å². The van der Waals surface area contributed by atoms with Crippen molar-refractivity contribution in [3.8, 4) is 5.75 Å². The Morgan fingerprint density at radius 3 is 2.55 bits per heavy atom. The molecule has 1 aromatic heterocycles. The molecule has 3 nitrogen and oxygen atoms in total. The van der Waals surface area contributed by atoms with Crippen molar-refractivity contribution < 1.29 is 9.15 Å². The molecule has 0 radical (unpaired) electrons. The molecule has 1 unspecified atom stereocenters. The number of nitrogens with two attached hydrogens (primary N) is 1. The predicted octanol–water partition coefficient (Wildman–Crippen LogP) is 4.60. The summed E-state index contributed by atoms with van der Waals surface area (Å²) in [4.78, 5) is 0. The van der Waals surface area contributed by atoms with Gasteiger partial charge < -0.3 is 14.9 Å². The van der Waals surface area contributed by atoms with Crippen molar-refractivity contribution in [2.24, 2.45) is 5.73 Å². The van der Waals surface area contributed by atoms with Crippen LogP contribution in [0, 0.1) is 0 Å². The molecule has 1 heterocycles. The smallest absolute Gasteiger partial charge is 0.139 e. The van der Waals surface area contributed by atoms with Gasteiger partial charge in [0.25, 0.3) is 0 Å². The van der Waals surface area contributed by atoms with Gasteiger partial charge in [0.15, 0.2) is 0 Å². The highest BCUT2D eigenvalue weighted by atomic mass is 35.5. The lowest BCUT2D eigenvalue weighted by molar-refractivity contribution is 0.340. The van der Waals surface area contributed by atoms with E-state index in [1.165, 1.54) is 0 Å². The molecule has 2 rings (SSSR count). The van der Waals surface area contributed by atoms with Gasteiger partial charge in [-0.25, -0.2) is 0 Å². The summed E-state index contributed by atoms with van der Waals surface area (Å²) >= 11 is 12.4. The fourth-order valence-electron chi connectivity index (χ4n) is 1.95. The third-order valence-electron chi connectivity index (χ3n) is 3.02. The van der Waals surface area contributed by atoms with E-state index in [4.69, 9.17) is 38.1 Å². The quantitative estimate of drug-likeness (QED) is 0.877. The third-order valence-corrected chi connectivity index (χ3v) is 3.65. The van der Waals surface area contributed by atoms with E-state index < -0.39 is 6.04 Å². The van der Waals surface area contributed by atoms with E-state index >= 15 is 0 Å². The summed E-state index contributed by atoms with van der Waals surface area (Å²) in [6.07, 6.45) is 0.824. The average molecular weight is 314 g/mol. The molecule has 0 saturated heterocycles. The maximum absolute atomic E-state index is 6.26. The lowest BCUT2D eigenvalue weighted by atomic mass is 10.1. The highest BCUT2D eigenvalue weighted by Crippen LogP contribution is 2.35. The number of benzene rings is 1. The van der Waals surface area contributed by atoms with Gasteiger partial charge in [0, 0.05) is 17.5 Å². The van der Waals surface area contributed by atoms with Crippen LogP contribution in [0.3, 0.4) is 0 Å². The summed E-state index contributed by atoms with van der Waals surface area (Å²) in [6.45, 7) is 4.44. The molecule has 1 atom stereocenters. The van der Waals surface area contributed by atoms with Crippen molar-refractivity contribution in [2.75, 3.05) is 6.61 Å². The van der Waals surface area contributed by atoms with E-state index in [-0.39, 0.29) is 0 Å². The molecule has 5 heteroatoms. The normalized spacial score (nSPS) is 12.4. The van der Waals surface area contributed by atoms with E-state index in [2.05, 4.69) is 0 Å². The summed E-state index contributed by atoms with van der Waals surface area (Å²) in [7, 11) is 0. The van der Waals surface area contributed by atoms with Crippen molar-refractivity contribution in [1.29, 1.82) is 0 Å². The Kier molecular flexibility index (Phi) is 4.97. The number of rotatable bonds is 5. The maximum atomic E-state index is 6.26. The number of ether oxygens (including phenoxy) is 1. The molecule has 20 heavy (non-hydrogen) atoms. The summed E-state index contributed by atoms with van der Waals surface area (Å²) in [5.41, 5.74) is 6.92. The minimum atomic E-state index is -0.448. The molecule has 2 aromatic rings. The summed E-state index contributed by atoms with van der Waals surface area (Å²) in [5.74, 6) is 2.12. The van der Waals surface area contributed by atoms with Gasteiger partial charge >= 0.3 is 0 Å². The van der Waals surface area contributed by atoms with Gasteiger partial charge in [0.2, 0.25) is 0 Å². The molecular weight excluding hydrogens is 297 g/mol. The molecule has 0 bridgehead atoms. The van der Waals surface area contributed by atoms with Crippen LogP contribution < -0.4 is 10.5 Å². The fraction of sp³-hybridized carbons (Fsp3) is 0.333. The van der Waals surface area contributed by atoms with Crippen molar-refractivity contribution in [1.82, 2.24) is 0 Å². The Morgan fingerprint density at radius 1 is 1.20 bits per heavy atom. The largest absolute Gasteiger partial charge is 0.492 e. The van der Waals surface area contributed by atoms with Crippen LogP contribution in [0.4, 0.5) is 0 Å². The highest BCUT2D eigenvalue weighted by molar-refractivity contribution is 6.34. The second-order valence-electron chi connectivity index (χ2n) is 4.37. The van der Waals surface area contributed by atoms with E-state index in [1.54, 1.807) is 12.1 Å². The number of aryl methyl sites for hydroxylation is 1. The molecule has 0 aliphatic rings. The minimum absolute atomic E-state index is 0.448. The Bertz CT molecular complexity index is 596. The zero-order valence-corrected chi connectivity index (χ0v) is 13.0. The van der Waals surface area contributed by atoms with E-state index in [0.29, 0.717) is 28.2 Å². The Balaban J connectivity index is 2.34. The SMILES string of the molecule is CCOc1cc(Cl)c(C(N)c2ccc(CC)o2)cc1Cl. The van der Waals surface area contributed by atoms with Gasteiger partial charge in [0.05, 0.1) is 17.7 Å². The number of hydrogen-bond donors (Lipinski definition) is 1. The zero-order valence-electron chi connectivity index (χ0n) is 11.5. The number of furan rings is 1. The van der Waals surface area contributed by atoms with E-state index in [1.807, 2.05) is 26.0 Å². The average Bonchev–Trinajstić information content (AvgIpc) is 2.91. The summed E-state index contributed by atoms with van der Waals surface area (Å²) < 4.78 is 11.1. The van der Waals surface area contributed by atoms with Gasteiger partial charge in [0.1, 0.15) is 17.3 Å². The van der Waals surface area contributed by atoms with Crippen LogP contribution in [0.15, 0.2) is 28.7 Å². The number of halogens is 2. The van der Waals surface area contributed by atoms with Gasteiger partial charge in [-0.15, -0.1) is 0 Å². The van der Waals surface area contributed by atoms with Crippen LogP contribution in [-0.4, -0.2) is 6.61 Å². The maximum Gasteiger partial charge on any atom is 0.139 e. The monoisotopic (exact) mass is 313 g/mol. The minimum Gasteiger partial charge on any atom is -0.492 e. The van der Waals surface area contributed by atoms with Crippen molar-refractivity contribution in [2.45, 2.75) is 26.3 Å². The second kappa shape index (κ2) is 6.53. The molecule has 1 aromatic carbocycles. The van der Waals surface area contributed by atoms with Crippen LogP contribution in [0.25, 0.3) is 0 Å². The molecule has 0 saturated carbocycles. The first kappa shape index (κ1) is 15.2. The van der Waals surface area contributed by atoms with Crippen LogP contribution in [0.2, 0.25) is 10.0 Å². The van der Waals surface area contributed by atoms with Gasteiger partial charge in [-0.1, -0.05) is 30.1 Å². The van der Waals surface area contributed by atoms with Crippen molar-refractivity contribution >= 4 is 23.2 Å². The number of hydrogen-bond acceptors (Lipinski definition) is 3. The molecule has 0 amide bonds. The molecule has 0 aliphatic carbocycles. The topological polar surface area (TPSA) is 48.4 Å².